The van der Waals surface area contributed by atoms with Crippen molar-refractivity contribution in [2.45, 2.75) is 60.8 Å². The Hall–Kier alpha value is -7.30. The van der Waals surface area contributed by atoms with Crippen LogP contribution in [0.15, 0.2) is 162 Å². The summed E-state index contributed by atoms with van der Waals surface area (Å²) in [5, 5.41) is 0. The molecule has 14 rings (SSSR count). The van der Waals surface area contributed by atoms with E-state index in [1.165, 1.54) is 105 Å². The van der Waals surface area contributed by atoms with Gasteiger partial charge in [-0.25, -0.2) is 14.6 Å². The van der Waals surface area contributed by atoms with Crippen molar-refractivity contribution in [1.29, 1.82) is 0 Å². The van der Waals surface area contributed by atoms with Crippen molar-refractivity contribution in [2.75, 3.05) is 14.7 Å². The molecule has 7 aromatic rings. The van der Waals surface area contributed by atoms with Gasteiger partial charge >= 0.3 is 6.03 Å². The van der Waals surface area contributed by atoms with Crippen LogP contribution < -0.4 is 36.6 Å². The molecule has 0 N–H and O–H groups in total. The molecule has 0 aliphatic carbocycles. The molecule has 0 bridgehead atoms. The Morgan fingerprint density at radius 1 is 0.424 bits per heavy atom. The summed E-state index contributed by atoms with van der Waals surface area (Å²) < 4.78 is 0. The predicted octanol–water partition coefficient (Wildman–Crippen LogP) is 10.8. The molecule has 4 nitrogen and oxygen atoms in total. The molecular weight excluding hydrogens is 800 g/mol. The molecular formula is C60H47B2N3O. The van der Waals surface area contributed by atoms with Crippen LogP contribution in [-0.4, -0.2) is 19.5 Å². The van der Waals surface area contributed by atoms with E-state index in [2.05, 4.69) is 210 Å². The van der Waals surface area contributed by atoms with Gasteiger partial charge in [-0.2, -0.15) is 0 Å². The smallest absolute Gasteiger partial charge is 0.283 e. The van der Waals surface area contributed by atoms with E-state index in [1.54, 1.807) is 0 Å². The Kier molecular flexibility index (Phi) is 7.33. The lowest BCUT2D eigenvalue weighted by atomic mass is 9.26. The zero-order valence-electron chi connectivity index (χ0n) is 38.7. The molecule has 1 fully saturated rings. The largest absolute Gasteiger partial charge is 0.340 e. The summed E-state index contributed by atoms with van der Waals surface area (Å²) in [6.07, 6.45) is 0. The van der Waals surface area contributed by atoms with Gasteiger partial charge in [0.05, 0.1) is 11.4 Å². The van der Waals surface area contributed by atoms with Crippen LogP contribution in [0, 0.1) is 34.6 Å². The fourth-order valence-electron chi connectivity index (χ4n) is 12.8. The molecule has 0 unspecified atom stereocenters. The molecule has 0 spiro atoms. The van der Waals surface area contributed by atoms with Crippen LogP contribution in [0.4, 0.5) is 21.9 Å². The molecule has 314 valence electrons. The van der Waals surface area contributed by atoms with Gasteiger partial charge in [-0.15, -0.1) is 0 Å². The second kappa shape index (κ2) is 12.7. The Bertz CT molecular complexity index is 3600. The van der Waals surface area contributed by atoms with Gasteiger partial charge in [0, 0.05) is 16.8 Å². The highest BCUT2D eigenvalue weighted by Gasteiger charge is 2.60. The molecule has 7 heterocycles. The molecule has 6 heteroatoms. The number of carbonyl (C=O) groups is 1. The Morgan fingerprint density at radius 3 is 1.48 bits per heavy atom. The summed E-state index contributed by atoms with van der Waals surface area (Å²) in [6, 6.07) is 52.3. The van der Waals surface area contributed by atoms with Crippen LogP contribution in [-0.2, 0) is 5.41 Å². The van der Waals surface area contributed by atoms with Crippen LogP contribution in [0.2, 0.25) is 0 Å². The van der Waals surface area contributed by atoms with Crippen molar-refractivity contribution in [2.24, 2.45) is 0 Å². The highest BCUT2D eigenvalue weighted by Crippen LogP contribution is 2.60. The number of hydrogen-bond donors (Lipinski definition) is 0. The lowest BCUT2D eigenvalue weighted by Crippen LogP contribution is -2.70. The monoisotopic (exact) mass is 847 g/mol. The third-order valence-corrected chi connectivity index (χ3v) is 16.0. The lowest BCUT2D eigenvalue weighted by molar-refractivity contribution is 0.252. The van der Waals surface area contributed by atoms with E-state index in [1.807, 2.05) is 0 Å². The summed E-state index contributed by atoms with van der Waals surface area (Å²) in [6.45, 7) is 17.9. The van der Waals surface area contributed by atoms with Crippen LogP contribution in [0.25, 0.3) is 22.3 Å². The highest BCUT2D eigenvalue weighted by atomic mass is 16.2. The van der Waals surface area contributed by atoms with Crippen molar-refractivity contribution < 1.29 is 4.79 Å². The van der Waals surface area contributed by atoms with E-state index in [0.717, 1.165) is 45.3 Å². The average molecular weight is 848 g/mol. The van der Waals surface area contributed by atoms with E-state index in [-0.39, 0.29) is 24.9 Å². The summed E-state index contributed by atoms with van der Waals surface area (Å²) in [4.78, 5) is 23.4. The van der Waals surface area contributed by atoms with E-state index in [9.17, 15) is 0 Å². The summed E-state index contributed by atoms with van der Waals surface area (Å²) in [5.41, 5.74) is 29.9. The van der Waals surface area contributed by atoms with E-state index in [0.29, 0.717) is 0 Å². The SMILES string of the molecule is Cc1cc2c(cc1C)N1C(=O)N3C4=C5B(c6cc(C(C)(C)C)cc7c6N4C1=C1B7c4ccccc4C(c4ccccc4)=C12)c1c(C)cccc1C(c1ccccc1)=C5c1cc(C)c(C)cc13. The number of anilines is 3. The maximum atomic E-state index is 16.6. The van der Waals surface area contributed by atoms with Crippen molar-refractivity contribution in [3.05, 3.63) is 229 Å². The molecule has 66 heavy (non-hydrogen) atoms. The van der Waals surface area contributed by atoms with Crippen LogP contribution >= 0.6 is 0 Å². The molecule has 0 saturated carbocycles. The molecule has 0 atom stereocenters. The first-order chi connectivity index (χ1) is 31.9. The van der Waals surface area contributed by atoms with Crippen LogP contribution in [0.3, 0.4) is 0 Å². The summed E-state index contributed by atoms with van der Waals surface area (Å²) in [5.74, 6) is 1.94. The van der Waals surface area contributed by atoms with Gasteiger partial charge in [0.1, 0.15) is 11.6 Å². The first kappa shape index (κ1) is 38.0. The van der Waals surface area contributed by atoms with Crippen LogP contribution in [0.1, 0.15) is 87.5 Å². The number of aryl methyl sites for hydroxylation is 5. The minimum atomic E-state index is -0.147. The summed E-state index contributed by atoms with van der Waals surface area (Å²) >= 11 is 0. The first-order valence-corrected chi connectivity index (χ1v) is 23.6. The van der Waals surface area contributed by atoms with Gasteiger partial charge in [0.25, 0.3) is 6.71 Å². The van der Waals surface area contributed by atoms with Crippen molar-refractivity contribution in [3.63, 3.8) is 0 Å². The zero-order chi connectivity index (χ0) is 44.8. The molecule has 1 saturated heterocycles. The Balaban J connectivity index is 1.24. The first-order valence-electron chi connectivity index (χ1n) is 23.6. The average Bonchev–Trinajstić information content (AvgIpc) is 3.31. The lowest BCUT2D eigenvalue weighted by Gasteiger charge is -2.59. The molecule has 0 aromatic heterocycles. The second-order valence-corrected chi connectivity index (χ2v) is 20.6. The molecule has 7 aliphatic heterocycles. The maximum absolute atomic E-state index is 16.6. The van der Waals surface area contributed by atoms with Gasteiger partial charge in [0.15, 0.2) is 0 Å². The fourth-order valence-corrected chi connectivity index (χ4v) is 12.8. The van der Waals surface area contributed by atoms with Gasteiger partial charge in [0.2, 0.25) is 6.71 Å². The topological polar surface area (TPSA) is 26.8 Å². The van der Waals surface area contributed by atoms with Gasteiger partial charge in [-0.1, -0.05) is 153 Å². The Morgan fingerprint density at radius 2 is 0.909 bits per heavy atom. The highest BCUT2D eigenvalue weighted by molar-refractivity contribution is 7.00. The van der Waals surface area contributed by atoms with E-state index < -0.39 is 0 Å². The second-order valence-electron chi connectivity index (χ2n) is 20.6. The zero-order valence-corrected chi connectivity index (χ0v) is 38.7. The third kappa shape index (κ3) is 4.59. The van der Waals surface area contributed by atoms with Crippen molar-refractivity contribution >= 4 is 80.7 Å². The Labute approximate surface area is 388 Å². The van der Waals surface area contributed by atoms with Crippen molar-refractivity contribution in [1.82, 2.24) is 0 Å². The normalized spacial score (nSPS) is 16.7. The van der Waals surface area contributed by atoms with Gasteiger partial charge < -0.3 is 0 Å². The number of benzene rings is 7. The van der Waals surface area contributed by atoms with Gasteiger partial charge in [-0.05, 0) is 159 Å². The maximum Gasteiger partial charge on any atom is 0.340 e. The molecule has 7 aromatic carbocycles. The van der Waals surface area contributed by atoms with E-state index in [4.69, 9.17) is 0 Å². The summed E-state index contributed by atoms with van der Waals surface area (Å²) in [7, 11) is 0. The minimum Gasteiger partial charge on any atom is -0.283 e. The quantitative estimate of drug-likeness (QED) is 0.162. The predicted molar refractivity (Wildman–Crippen MR) is 276 cm³/mol. The minimum absolute atomic E-state index is 0.0315. The molecule has 7 aliphatic rings. The van der Waals surface area contributed by atoms with Crippen molar-refractivity contribution in [3.8, 4) is 0 Å². The number of allylic oxidation sites excluding steroid dienone is 4. The van der Waals surface area contributed by atoms with E-state index >= 15 is 4.79 Å². The number of urea groups is 1. The standard InChI is InChI=1S/C60H47B2N3O/c1-32-18-17-24-41-50(38-21-13-10-14-22-38)52-43-27-34(3)36(5)29-48(43)64-58-55(52)62(53(32)41)46-31-39(60(6,7)8)30-45-56(46)65(58)57-54-51(42-26-33(2)35(4)28-47(42)63(57)59(64)66)49(37-19-11-9-12-20-37)40-23-15-16-25-44(40)61(45)54/h9-31H,1-8H3. The number of rotatable bonds is 2. The third-order valence-electron chi connectivity index (χ3n) is 16.0. The number of carbonyl (C=O) groups excluding carboxylic acids is 1. The number of hydrogen-bond acceptors (Lipinski definition) is 2. The number of amides is 2. The van der Waals surface area contributed by atoms with Gasteiger partial charge in [-0.3, -0.25) is 4.90 Å². The molecule has 0 radical (unpaired) electrons. The fraction of sp³-hybridized carbons (Fsp3) is 0.150. The molecule has 2 amide bonds. The number of fused-ring (bicyclic) bond motifs is 12. The number of nitrogens with zero attached hydrogens (tertiary/aromatic N) is 3. The van der Waals surface area contributed by atoms with Crippen LogP contribution in [0.5, 0.6) is 0 Å².